The van der Waals surface area contributed by atoms with Gasteiger partial charge in [0.2, 0.25) is 5.91 Å². The van der Waals surface area contributed by atoms with Gasteiger partial charge in [0.15, 0.2) is 5.82 Å². The molecule has 1 fully saturated rings. The van der Waals surface area contributed by atoms with E-state index in [9.17, 15) is 4.79 Å². The number of carbonyl (C=O) groups is 1. The van der Waals surface area contributed by atoms with Crippen molar-refractivity contribution in [3.63, 3.8) is 0 Å². The van der Waals surface area contributed by atoms with E-state index in [0.717, 1.165) is 40.7 Å². The molecule has 1 aliphatic heterocycles. The van der Waals surface area contributed by atoms with Crippen LogP contribution in [0.3, 0.4) is 0 Å². The molecule has 2 heterocycles. The van der Waals surface area contributed by atoms with Crippen LogP contribution in [0.1, 0.15) is 24.0 Å². The third kappa shape index (κ3) is 5.57. The molecule has 1 N–H and O–H groups in total. The summed E-state index contributed by atoms with van der Waals surface area (Å²) in [5.74, 6) is 0.684. The summed E-state index contributed by atoms with van der Waals surface area (Å²) in [5.41, 5.74) is 2.96. The van der Waals surface area contributed by atoms with E-state index in [2.05, 4.69) is 51.6 Å². The van der Waals surface area contributed by atoms with Crippen LogP contribution in [0.15, 0.2) is 64.5 Å². The highest BCUT2D eigenvalue weighted by atomic mass is 35.5. The summed E-state index contributed by atoms with van der Waals surface area (Å²) in [4.78, 5) is 16.1. The number of aromatic nitrogens is 2. The van der Waals surface area contributed by atoms with Gasteiger partial charge in [0, 0.05) is 18.0 Å². The minimum absolute atomic E-state index is 0.00467. The van der Waals surface area contributed by atoms with E-state index < -0.39 is 0 Å². The lowest BCUT2D eigenvalue weighted by Crippen LogP contribution is -2.41. The number of nitrogens with zero attached hydrogens (tertiary/aromatic N) is 3. The molecule has 160 valence electrons. The monoisotopic (exact) mass is 452 g/mol. The molecule has 1 atom stereocenters. The van der Waals surface area contributed by atoms with E-state index in [0.29, 0.717) is 17.3 Å². The van der Waals surface area contributed by atoms with Crippen molar-refractivity contribution in [2.45, 2.75) is 36.6 Å². The lowest BCUT2D eigenvalue weighted by Gasteiger charge is -2.32. The first-order valence-corrected chi connectivity index (χ1v) is 11.6. The summed E-state index contributed by atoms with van der Waals surface area (Å²) in [5, 5.41) is 13.2. The van der Waals surface area contributed by atoms with Crippen LogP contribution in [0.4, 0.5) is 11.5 Å². The summed E-state index contributed by atoms with van der Waals surface area (Å²) < 4.78 is 0. The highest BCUT2D eigenvalue weighted by Crippen LogP contribution is 2.29. The topological polar surface area (TPSA) is 58.1 Å². The molecule has 0 saturated carbocycles. The molecule has 1 saturated heterocycles. The molecule has 0 spiro atoms. The minimum Gasteiger partial charge on any atom is -0.354 e. The van der Waals surface area contributed by atoms with Gasteiger partial charge in [0.1, 0.15) is 5.03 Å². The SMILES string of the molecule is Cc1ccc(Sc2ccc(N3CCCC(C(=O)Nc4ccc(C)cc4Cl)C3)nn2)cc1. The first kappa shape index (κ1) is 21.7. The second-order valence-electron chi connectivity index (χ2n) is 7.90. The summed E-state index contributed by atoms with van der Waals surface area (Å²) in [6.07, 6.45) is 1.78. The molecule has 1 amide bonds. The highest BCUT2D eigenvalue weighted by molar-refractivity contribution is 7.99. The van der Waals surface area contributed by atoms with Crippen LogP contribution < -0.4 is 10.2 Å². The maximum atomic E-state index is 12.8. The fourth-order valence-electron chi connectivity index (χ4n) is 3.62. The molecule has 5 nitrogen and oxygen atoms in total. The van der Waals surface area contributed by atoms with Crippen molar-refractivity contribution >= 4 is 40.8 Å². The van der Waals surface area contributed by atoms with Crippen molar-refractivity contribution in [1.82, 2.24) is 10.2 Å². The van der Waals surface area contributed by atoms with Gasteiger partial charge in [-0.3, -0.25) is 4.79 Å². The number of hydrogen-bond acceptors (Lipinski definition) is 5. The Labute approximate surface area is 192 Å². The smallest absolute Gasteiger partial charge is 0.229 e. The quantitative estimate of drug-likeness (QED) is 0.533. The van der Waals surface area contributed by atoms with Gasteiger partial charge in [-0.15, -0.1) is 10.2 Å². The van der Waals surface area contributed by atoms with E-state index in [4.69, 9.17) is 11.6 Å². The number of benzene rings is 2. The molecule has 7 heteroatoms. The molecular weight excluding hydrogens is 428 g/mol. The predicted octanol–water partition coefficient (Wildman–Crippen LogP) is 5.75. The fourth-order valence-corrected chi connectivity index (χ4v) is 4.63. The summed E-state index contributed by atoms with van der Waals surface area (Å²) in [7, 11) is 0. The Morgan fingerprint density at radius 1 is 1.06 bits per heavy atom. The minimum atomic E-state index is -0.116. The maximum absolute atomic E-state index is 12.8. The Kier molecular flexibility index (Phi) is 6.78. The molecule has 0 bridgehead atoms. The first-order chi connectivity index (χ1) is 15.0. The van der Waals surface area contributed by atoms with Crippen molar-refractivity contribution in [3.05, 3.63) is 70.7 Å². The van der Waals surface area contributed by atoms with Gasteiger partial charge in [-0.05, 0) is 68.7 Å². The number of carbonyl (C=O) groups excluding carboxylic acids is 1. The molecule has 2 aromatic carbocycles. The number of anilines is 2. The Balaban J connectivity index is 1.38. The molecule has 31 heavy (non-hydrogen) atoms. The van der Waals surface area contributed by atoms with E-state index in [1.807, 2.05) is 37.3 Å². The summed E-state index contributed by atoms with van der Waals surface area (Å²) >= 11 is 7.86. The second-order valence-corrected chi connectivity index (χ2v) is 9.40. The third-order valence-electron chi connectivity index (χ3n) is 5.37. The lowest BCUT2D eigenvalue weighted by molar-refractivity contribution is -0.120. The third-order valence-corrected chi connectivity index (χ3v) is 6.62. The van der Waals surface area contributed by atoms with Crippen LogP contribution in [0.5, 0.6) is 0 Å². The zero-order valence-corrected chi connectivity index (χ0v) is 19.2. The molecule has 3 aromatic rings. The maximum Gasteiger partial charge on any atom is 0.229 e. The Morgan fingerprint density at radius 3 is 2.55 bits per heavy atom. The number of rotatable bonds is 5. The lowest BCUT2D eigenvalue weighted by atomic mass is 9.97. The van der Waals surface area contributed by atoms with Gasteiger partial charge in [-0.25, -0.2) is 0 Å². The number of aryl methyl sites for hydroxylation is 2. The molecular formula is C24H25ClN4OS. The first-order valence-electron chi connectivity index (χ1n) is 10.4. The van der Waals surface area contributed by atoms with Crippen LogP contribution >= 0.6 is 23.4 Å². The van der Waals surface area contributed by atoms with Crippen molar-refractivity contribution < 1.29 is 4.79 Å². The Hall–Kier alpha value is -2.57. The zero-order valence-electron chi connectivity index (χ0n) is 17.6. The van der Waals surface area contributed by atoms with Crippen molar-refractivity contribution in [2.24, 2.45) is 5.92 Å². The van der Waals surface area contributed by atoms with E-state index in [1.54, 1.807) is 11.8 Å². The van der Waals surface area contributed by atoms with Gasteiger partial charge in [0.05, 0.1) is 16.6 Å². The van der Waals surface area contributed by atoms with E-state index in [-0.39, 0.29) is 11.8 Å². The van der Waals surface area contributed by atoms with E-state index in [1.165, 1.54) is 5.56 Å². The molecule has 0 aliphatic carbocycles. The number of halogens is 1. The Bertz CT molecular complexity index is 1060. The van der Waals surface area contributed by atoms with Gasteiger partial charge >= 0.3 is 0 Å². The normalized spacial score (nSPS) is 16.2. The van der Waals surface area contributed by atoms with Crippen LogP contribution in [0, 0.1) is 19.8 Å². The van der Waals surface area contributed by atoms with Crippen molar-refractivity contribution in [1.29, 1.82) is 0 Å². The number of piperidine rings is 1. The summed E-state index contributed by atoms with van der Waals surface area (Å²) in [6, 6.07) is 18.0. The molecule has 1 unspecified atom stereocenters. The van der Waals surface area contributed by atoms with Crippen LogP contribution in [-0.2, 0) is 4.79 Å². The van der Waals surface area contributed by atoms with Crippen molar-refractivity contribution in [2.75, 3.05) is 23.3 Å². The van der Waals surface area contributed by atoms with Gasteiger partial charge in [-0.1, -0.05) is 47.1 Å². The fraction of sp³-hybridized carbons (Fsp3) is 0.292. The Morgan fingerprint density at radius 2 is 1.84 bits per heavy atom. The van der Waals surface area contributed by atoms with Crippen LogP contribution in [0.25, 0.3) is 0 Å². The zero-order chi connectivity index (χ0) is 21.8. The average Bonchev–Trinajstić information content (AvgIpc) is 2.78. The summed E-state index contributed by atoms with van der Waals surface area (Å²) in [6.45, 7) is 5.54. The van der Waals surface area contributed by atoms with Crippen molar-refractivity contribution in [3.8, 4) is 0 Å². The molecule has 4 rings (SSSR count). The molecule has 0 radical (unpaired) electrons. The second kappa shape index (κ2) is 9.71. The standard InChI is InChI=1S/C24H25ClN4OS/c1-16-5-8-19(9-6-16)31-23-12-11-22(27-28-23)29-13-3-4-18(15-29)24(30)26-21-10-7-17(2)14-20(21)25/h5-12,14,18H,3-4,13,15H2,1-2H3,(H,26,30). The number of nitrogens with one attached hydrogen (secondary N) is 1. The number of hydrogen-bond donors (Lipinski definition) is 1. The average molecular weight is 453 g/mol. The predicted molar refractivity (Wildman–Crippen MR) is 127 cm³/mol. The van der Waals surface area contributed by atoms with Gasteiger partial charge < -0.3 is 10.2 Å². The highest BCUT2D eigenvalue weighted by Gasteiger charge is 2.27. The van der Waals surface area contributed by atoms with Gasteiger partial charge in [-0.2, -0.15) is 0 Å². The van der Waals surface area contributed by atoms with Crippen LogP contribution in [-0.4, -0.2) is 29.2 Å². The number of amides is 1. The van der Waals surface area contributed by atoms with Gasteiger partial charge in [0.25, 0.3) is 0 Å². The van der Waals surface area contributed by atoms with E-state index >= 15 is 0 Å². The molecule has 1 aromatic heterocycles. The molecule has 1 aliphatic rings. The van der Waals surface area contributed by atoms with Crippen LogP contribution in [0.2, 0.25) is 5.02 Å². The largest absolute Gasteiger partial charge is 0.354 e.